The van der Waals surface area contributed by atoms with Crippen molar-refractivity contribution >= 4 is 10.0 Å². The molecule has 0 radical (unpaired) electrons. The van der Waals surface area contributed by atoms with Crippen LogP contribution in [0, 0.1) is 17.1 Å². The zero-order valence-electron chi connectivity index (χ0n) is 9.94. The van der Waals surface area contributed by atoms with Crippen molar-refractivity contribution < 1.29 is 17.9 Å². The van der Waals surface area contributed by atoms with Crippen LogP contribution in [0.1, 0.15) is 19.4 Å². The second-order valence-corrected chi connectivity index (χ2v) is 6.02. The van der Waals surface area contributed by atoms with Gasteiger partial charge in [-0.15, -0.1) is 0 Å². The highest BCUT2D eigenvalue weighted by Crippen LogP contribution is 2.19. The van der Waals surface area contributed by atoms with Crippen molar-refractivity contribution in [2.45, 2.75) is 24.3 Å². The van der Waals surface area contributed by atoms with E-state index in [1.807, 2.05) is 0 Å². The normalized spacial score (nSPS) is 12.2. The van der Waals surface area contributed by atoms with Crippen molar-refractivity contribution in [1.82, 2.24) is 4.72 Å². The average molecular weight is 272 g/mol. The molecule has 1 aromatic carbocycles. The third-order valence-corrected chi connectivity index (χ3v) is 3.92. The Morgan fingerprint density at radius 2 is 2.11 bits per heavy atom. The molecule has 0 saturated carbocycles. The number of hydrogen-bond donors (Lipinski definition) is 2. The van der Waals surface area contributed by atoms with Crippen molar-refractivity contribution in [2.24, 2.45) is 0 Å². The van der Waals surface area contributed by atoms with E-state index in [4.69, 9.17) is 10.4 Å². The molecule has 98 valence electrons. The van der Waals surface area contributed by atoms with Crippen LogP contribution in [0.4, 0.5) is 4.39 Å². The number of hydrogen-bond acceptors (Lipinski definition) is 4. The first-order chi connectivity index (χ1) is 8.23. The fraction of sp³-hybridized carbons (Fsp3) is 0.364. The number of aliphatic hydroxyl groups is 1. The number of halogens is 1. The third-order valence-electron chi connectivity index (χ3n) is 2.18. The first-order valence-electron chi connectivity index (χ1n) is 5.07. The van der Waals surface area contributed by atoms with Gasteiger partial charge in [-0.3, -0.25) is 0 Å². The average Bonchev–Trinajstić information content (AvgIpc) is 2.27. The number of nitriles is 1. The lowest BCUT2D eigenvalue weighted by Gasteiger charge is -2.23. The van der Waals surface area contributed by atoms with E-state index in [1.54, 1.807) is 0 Å². The predicted molar refractivity (Wildman–Crippen MR) is 62.6 cm³/mol. The Kier molecular flexibility index (Phi) is 4.06. The zero-order chi connectivity index (χ0) is 14.0. The van der Waals surface area contributed by atoms with Crippen LogP contribution in [0.3, 0.4) is 0 Å². The van der Waals surface area contributed by atoms with Crippen LogP contribution in [0.2, 0.25) is 0 Å². The molecule has 0 spiro atoms. The molecule has 0 bridgehead atoms. The van der Waals surface area contributed by atoms with Crippen molar-refractivity contribution in [3.05, 3.63) is 29.6 Å². The van der Waals surface area contributed by atoms with E-state index in [1.165, 1.54) is 26.0 Å². The second-order valence-electron chi connectivity index (χ2n) is 4.37. The first kappa shape index (κ1) is 14.6. The van der Waals surface area contributed by atoms with Crippen LogP contribution in [0.25, 0.3) is 0 Å². The summed E-state index contributed by atoms with van der Waals surface area (Å²) in [6.07, 6.45) is 0. The Bertz CT molecular complexity index is 591. The molecule has 0 saturated heterocycles. The summed E-state index contributed by atoms with van der Waals surface area (Å²) >= 11 is 0. The van der Waals surface area contributed by atoms with Crippen LogP contribution in [0.5, 0.6) is 0 Å². The van der Waals surface area contributed by atoms with Gasteiger partial charge < -0.3 is 5.11 Å². The summed E-state index contributed by atoms with van der Waals surface area (Å²) in [5, 5.41) is 17.8. The maximum absolute atomic E-state index is 13.3. The molecule has 0 atom stereocenters. The molecule has 18 heavy (non-hydrogen) atoms. The summed E-state index contributed by atoms with van der Waals surface area (Å²) in [6.45, 7) is 2.51. The molecule has 7 heteroatoms. The molecule has 1 rings (SSSR count). The fourth-order valence-electron chi connectivity index (χ4n) is 1.29. The predicted octanol–water partition coefficient (Wildman–Crippen LogP) is 0.747. The standard InChI is InChI=1S/C11H13FN2O3S/c1-11(2,7-15)14-18(16,17)10-5-3-4-9(12)8(10)6-13/h3-5,14-15H,7H2,1-2H3. The minimum absolute atomic E-state index is 0.427. The molecular weight excluding hydrogens is 259 g/mol. The van der Waals surface area contributed by atoms with E-state index in [0.29, 0.717) is 0 Å². The third kappa shape index (κ3) is 3.04. The monoisotopic (exact) mass is 272 g/mol. The molecule has 0 unspecified atom stereocenters. The summed E-state index contributed by atoms with van der Waals surface area (Å²) in [5.41, 5.74) is -1.64. The highest BCUT2D eigenvalue weighted by atomic mass is 32.2. The molecule has 0 aromatic heterocycles. The van der Waals surface area contributed by atoms with Gasteiger partial charge in [0.2, 0.25) is 10.0 Å². The Hall–Kier alpha value is -1.49. The number of aliphatic hydroxyl groups excluding tert-OH is 1. The van der Waals surface area contributed by atoms with Crippen molar-refractivity contribution in [3.8, 4) is 6.07 Å². The van der Waals surface area contributed by atoms with Gasteiger partial charge >= 0.3 is 0 Å². The van der Waals surface area contributed by atoms with E-state index in [0.717, 1.165) is 12.1 Å². The maximum Gasteiger partial charge on any atom is 0.242 e. The molecule has 0 aliphatic heterocycles. The smallest absolute Gasteiger partial charge is 0.242 e. The molecule has 5 nitrogen and oxygen atoms in total. The quantitative estimate of drug-likeness (QED) is 0.846. The van der Waals surface area contributed by atoms with E-state index in [9.17, 15) is 12.8 Å². The van der Waals surface area contributed by atoms with Crippen LogP contribution >= 0.6 is 0 Å². The molecule has 2 N–H and O–H groups in total. The van der Waals surface area contributed by atoms with Crippen molar-refractivity contribution in [1.29, 1.82) is 5.26 Å². The Balaban J connectivity index is 3.31. The molecule has 1 aromatic rings. The lowest BCUT2D eigenvalue weighted by atomic mass is 10.1. The van der Waals surface area contributed by atoms with Crippen LogP contribution in [-0.4, -0.2) is 25.7 Å². The largest absolute Gasteiger partial charge is 0.394 e. The molecule has 0 fully saturated rings. The SMILES string of the molecule is CC(C)(CO)NS(=O)(=O)c1cccc(F)c1C#N. The summed E-state index contributed by atoms with van der Waals surface area (Å²) in [7, 11) is -4.07. The van der Waals surface area contributed by atoms with E-state index in [-0.39, 0.29) is 0 Å². The number of nitrogens with zero attached hydrogens (tertiary/aromatic N) is 1. The molecule has 0 aliphatic rings. The number of nitrogens with one attached hydrogen (secondary N) is 1. The first-order valence-corrected chi connectivity index (χ1v) is 6.55. The topological polar surface area (TPSA) is 90.2 Å². The van der Waals surface area contributed by atoms with Gasteiger partial charge in [0.15, 0.2) is 0 Å². The summed E-state index contributed by atoms with van der Waals surface area (Å²) < 4.78 is 39.5. The zero-order valence-corrected chi connectivity index (χ0v) is 10.8. The molecule has 0 aliphatic carbocycles. The highest BCUT2D eigenvalue weighted by molar-refractivity contribution is 7.89. The van der Waals surface area contributed by atoms with Gasteiger partial charge in [-0.1, -0.05) is 6.07 Å². The van der Waals surface area contributed by atoms with Gasteiger partial charge in [0.05, 0.1) is 12.1 Å². The Morgan fingerprint density at radius 3 is 2.61 bits per heavy atom. The van der Waals surface area contributed by atoms with Crippen LogP contribution in [-0.2, 0) is 10.0 Å². The van der Waals surface area contributed by atoms with Crippen LogP contribution in [0.15, 0.2) is 23.1 Å². The number of sulfonamides is 1. The van der Waals surface area contributed by atoms with Gasteiger partial charge in [0.1, 0.15) is 22.3 Å². The highest BCUT2D eigenvalue weighted by Gasteiger charge is 2.28. The van der Waals surface area contributed by atoms with Crippen LogP contribution < -0.4 is 4.72 Å². The lowest BCUT2D eigenvalue weighted by molar-refractivity contribution is 0.208. The summed E-state index contributed by atoms with van der Waals surface area (Å²) in [4.78, 5) is -0.438. The van der Waals surface area contributed by atoms with Gasteiger partial charge in [0.25, 0.3) is 0 Å². The number of benzene rings is 1. The summed E-state index contributed by atoms with van der Waals surface area (Å²) in [6, 6.07) is 4.87. The summed E-state index contributed by atoms with van der Waals surface area (Å²) in [5.74, 6) is -0.901. The van der Waals surface area contributed by atoms with Crippen molar-refractivity contribution in [2.75, 3.05) is 6.61 Å². The number of rotatable bonds is 4. The van der Waals surface area contributed by atoms with Gasteiger partial charge in [0, 0.05) is 0 Å². The Labute approximate surface area is 105 Å². The van der Waals surface area contributed by atoms with E-state index >= 15 is 0 Å². The second kappa shape index (κ2) is 5.02. The Morgan fingerprint density at radius 1 is 1.50 bits per heavy atom. The van der Waals surface area contributed by atoms with Gasteiger partial charge in [-0.05, 0) is 26.0 Å². The van der Waals surface area contributed by atoms with Gasteiger partial charge in [-0.25, -0.2) is 17.5 Å². The molecular formula is C11H13FN2O3S. The minimum Gasteiger partial charge on any atom is -0.394 e. The minimum atomic E-state index is -4.07. The van der Waals surface area contributed by atoms with E-state index in [2.05, 4.69) is 4.72 Å². The maximum atomic E-state index is 13.3. The van der Waals surface area contributed by atoms with Gasteiger partial charge in [-0.2, -0.15) is 5.26 Å². The van der Waals surface area contributed by atoms with Crippen molar-refractivity contribution in [3.63, 3.8) is 0 Å². The lowest BCUT2D eigenvalue weighted by Crippen LogP contribution is -2.46. The van der Waals surface area contributed by atoms with E-state index < -0.39 is 38.4 Å². The fourth-order valence-corrected chi connectivity index (χ4v) is 2.86. The molecule has 0 heterocycles. The molecule has 0 amide bonds.